The predicted molar refractivity (Wildman–Crippen MR) is 101 cm³/mol. The van der Waals surface area contributed by atoms with E-state index in [0.29, 0.717) is 11.1 Å². The molecule has 1 aromatic carbocycles. The molecule has 1 atom stereocenters. The lowest BCUT2D eigenvalue weighted by molar-refractivity contribution is 0.331. The SMILES string of the molecule is CC1=Nc2c(c(=O)[nH]n2C2CCCCC2)[C@H](c2ccc(Cl)cc2)S1. The number of nitrogens with one attached hydrogen (secondary N) is 1. The Morgan fingerprint density at radius 1 is 1.21 bits per heavy atom. The van der Waals surface area contributed by atoms with Crippen molar-refractivity contribution in [3.05, 3.63) is 50.8 Å². The van der Waals surface area contributed by atoms with Crippen LogP contribution in [0.1, 0.15) is 61.4 Å². The molecule has 0 amide bonds. The fourth-order valence-electron chi connectivity index (χ4n) is 3.69. The van der Waals surface area contributed by atoms with E-state index in [4.69, 9.17) is 16.6 Å². The number of halogens is 1. The van der Waals surface area contributed by atoms with Gasteiger partial charge in [-0.25, -0.2) is 4.99 Å². The summed E-state index contributed by atoms with van der Waals surface area (Å²) in [6.07, 6.45) is 5.96. The molecular weight excluding hydrogens is 342 g/mol. The van der Waals surface area contributed by atoms with E-state index in [2.05, 4.69) is 5.10 Å². The van der Waals surface area contributed by atoms with Gasteiger partial charge in [-0.2, -0.15) is 0 Å². The number of nitrogens with zero attached hydrogens (tertiary/aromatic N) is 2. The second-order valence-electron chi connectivity index (χ2n) is 6.52. The fraction of sp³-hybridized carbons (Fsp3) is 0.444. The van der Waals surface area contributed by atoms with Crippen molar-refractivity contribution in [1.29, 1.82) is 0 Å². The number of hydrogen-bond donors (Lipinski definition) is 1. The highest BCUT2D eigenvalue weighted by Crippen LogP contribution is 2.45. The van der Waals surface area contributed by atoms with Gasteiger partial charge in [0.2, 0.25) is 0 Å². The number of fused-ring (bicyclic) bond motifs is 1. The molecule has 126 valence electrons. The first-order valence-electron chi connectivity index (χ1n) is 8.45. The van der Waals surface area contributed by atoms with Crippen LogP contribution in [0.5, 0.6) is 0 Å². The molecule has 2 heterocycles. The highest BCUT2D eigenvalue weighted by molar-refractivity contribution is 8.14. The molecule has 24 heavy (non-hydrogen) atoms. The lowest BCUT2D eigenvalue weighted by atomic mass is 9.95. The number of rotatable bonds is 2. The first-order valence-corrected chi connectivity index (χ1v) is 9.71. The van der Waals surface area contributed by atoms with Gasteiger partial charge in [-0.3, -0.25) is 14.6 Å². The molecule has 1 fully saturated rings. The van der Waals surface area contributed by atoms with Crippen LogP contribution in [0.2, 0.25) is 5.02 Å². The van der Waals surface area contributed by atoms with Crippen LogP contribution in [-0.2, 0) is 0 Å². The largest absolute Gasteiger partial charge is 0.271 e. The van der Waals surface area contributed by atoms with E-state index in [-0.39, 0.29) is 10.8 Å². The fourth-order valence-corrected chi connectivity index (χ4v) is 4.91. The van der Waals surface area contributed by atoms with E-state index < -0.39 is 0 Å². The van der Waals surface area contributed by atoms with Crippen LogP contribution in [0.15, 0.2) is 34.1 Å². The van der Waals surface area contributed by atoms with Crippen molar-refractivity contribution in [1.82, 2.24) is 9.78 Å². The van der Waals surface area contributed by atoms with Crippen molar-refractivity contribution in [2.45, 2.75) is 50.3 Å². The Bertz CT molecular complexity index is 831. The summed E-state index contributed by atoms with van der Waals surface area (Å²) in [6.45, 7) is 2.01. The number of aromatic nitrogens is 2. The number of aromatic amines is 1. The van der Waals surface area contributed by atoms with Gasteiger partial charge in [-0.1, -0.05) is 54.8 Å². The third kappa shape index (κ3) is 2.84. The Balaban J connectivity index is 1.80. The van der Waals surface area contributed by atoms with Gasteiger partial charge in [0.1, 0.15) is 0 Å². The van der Waals surface area contributed by atoms with Crippen LogP contribution in [0, 0.1) is 0 Å². The van der Waals surface area contributed by atoms with E-state index in [1.165, 1.54) is 19.3 Å². The standard InChI is InChI=1S/C18H20ClN3OS/c1-11-20-17-15(16(24-11)12-7-9-13(19)10-8-12)18(23)21-22(17)14-5-3-2-4-6-14/h7-10,14,16H,2-6H2,1H3,(H,21,23)/t16-/m0/s1. The molecule has 4 nitrogen and oxygen atoms in total. The van der Waals surface area contributed by atoms with E-state index >= 15 is 0 Å². The molecular formula is C18H20ClN3OS. The number of aliphatic imine (C=N–C) groups is 1. The number of benzene rings is 1. The number of H-pyrrole nitrogens is 1. The highest BCUT2D eigenvalue weighted by atomic mass is 35.5. The maximum Gasteiger partial charge on any atom is 0.271 e. The average molecular weight is 362 g/mol. The molecule has 1 saturated carbocycles. The lowest BCUT2D eigenvalue weighted by Crippen LogP contribution is -2.16. The second-order valence-corrected chi connectivity index (χ2v) is 8.25. The predicted octanol–water partition coefficient (Wildman–Crippen LogP) is 5.22. The van der Waals surface area contributed by atoms with E-state index in [9.17, 15) is 4.79 Å². The third-order valence-corrected chi connectivity index (χ3v) is 6.29. The summed E-state index contributed by atoms with van der Waals surface area (Å²) in [7, 11) is 0. The maximum absolute atomic E-state index is 12.7. The molecule has 0 spiro atoms. The molecule has 1 aliphatic carbocycles. The molecule has 6 heteroatoms. The zero-order chi connectivity index (χ0) is 16.7. The van der Waals surface area contributed by atoms with Crippen LogP contribution in [-0.4, -0.2) is 14.8 Å². The third-order valence-electron chi connectivity index (χ3n) is 4.86. The van der Waals surface area contributed by atoms with Gasteiger partial charge >= 0.3 is 0 Å². The summed E-state index contributed by atoms with van der Waals surface area (Å²) in [5.41, 5.74) is 1.85. The van der Waals surface area contributed by atoms with Crippen molar-refractivity contribution in [3.8, 4) is 0 Å². The van der Waals surface area contributed by atoms with Gasteiger partial charge in [-0.15, -0.1) is 0 Å². The lowest BCUT2D eigenvalue weighted by Gasteiger charge is -2.26. The normalized spacial score (nSPS) is 21.4. The van der Waals surface area contributed by atoms with Crippen LogP contribution >= 0.6 is 23.4 Å². The zero-order valence-electron chi connectivity index (χ0n) is 13.6. The van der Waals surface area contributed by atoms with Gasteiger partial charge in [0.05, 0.1) is 21.9 Å². The number of thioether (sulfide) groups is 1. The molecule has 1 N–H and O–H groups in total. The average Bonchev–Trinajstić information content (AvgIpc) is 2.92. The van der Waals surface area contributed by atoms with Gasteiger partial charge in [-0.05, 0) is 37.5 Å². The maximum atomic E-state index is 12.7. The van der Waals surface area contributed by atoms with Gasteiger partial charge in [0.15, 0.2) is 5.82 Å². The van der Waals surface area contributed by atoms with E-state index in [0.717, 1.165) is 34.8 Å². The minimum absolute atomic E-state index is 0.0146. The van der Waals surface area contributed by atoms with Crippen molar-refractivity contribution in [2.24, 2.45) is 4.99 Å². The minimum atomic E-state index is -0.0247. The molecule has 1 aliphatic heterocycles. The van der Waals surface area contributed by atoms with Gasteiger partial charge in [0.25, 0.3) is 5.56 Å². The highest BCUT2D eigenvalue weighted by Gasteiger charge is 2.32. The molecule has 4 rings (SSSR count). The zero-order valence-corrected chi connectivity index (χ0v) is 15.2. The van der Waals surface area contributed by atoms with Crippen LogP contribution < -0.4 is 5.56 Å². The Hall–Kier alpha value is -1.46. The summed E-state index contributed by atoms with van der Waals surface area (Å²) < 4.78 is 2.03. The molecule has 2 aromatic rings. The Morgan fingerprint density at radius 3 is 2.62 bits per heavy atom. The molecule has 0 unspecified atom stereocenters. The van der Waals surface area contributed by atoms with Crippen LogP contribution in [0.4, 0.5) is 5.82 Å². The van der Waals surface area contributed by atoms with E-state index in [1.807, 2.05) is 35.9 Å². The van der Waals surface area contributed by atoms with Crippen molar-refractivity contribution in [2.75, 3.05) is 0 Å². The summed E-state index contributed by atoms with van der Waals surface area (Å²) in [5, 5.41) is 4.75. The molecule has 1 aromatic heterocycles. The molecule has 0 radical (unpaired) electrons. The van der Waals surface area contributed by atoms with Crippen molar-refractivity contribution < 1.29 is 0 Å². The minimum Gasteiger partial charge on any atom is -0.268 e. The quantitative estimate of drug-likeness (QED) is 0.797. The Morgan fingerprint density at radius 2 is 1.92 bits per heavy atom. The van der Waals surface area contributed by atoms with Crippen molar-refractivity contribution in [3.63, 3.8) is 0 Å². The number of hydrogen-bond acceptors (Lipinski definition) is 3. The van der Waals surface area contributed by atoms with Gasteiger partial charge < -0.3 is 0 Å². The first-order chi connectivity index (χ1) is 11.6. The summed E-state index contributed by atoms with van der Waals surface area (Å²) in [5.74, 6) is 0.822. The topological polar surface area (TPSA) is 50.1 Å². The smallest absolute Gasteiger partial charge is 0.268 e. The summed E-state index contributed by atoms with van der Waals surface area (Å²) >= 11 is 7.65. The monoisotopic (exact) mass is 361 g/mol. The first kappa shape index (κ1) is 16.0. The van der Waals surface area contributed by atoms with Gasteiger partial charge in [0, 0.05) is 5.02 Å². The summed E-state index contributed by atoms with van der Waals surface area (Å²) in [6, 6.07) is 8.12. The van der Waals surface area contributed by atoms with Crippen LogP contribution in [0.3, 0.4) is 0 Å². The van der Waals surface area contributed by atoms with Crippen molar-refractivity contribution >= 4 is 34.2 Å². The van der Waals surface area contributed by atoms with Crippen LogP contribution in [0.25, 0.3) is 0 Å². The molecule has 2 aliphatic rings. The Kier molecular flexibility index (Phi) is 4.31. The van der Waals surface area contributed by atoms with E-state index in [1.54, 1.807) is 11.8 Å². The second kappa shape index (κ2) is 6.45. The molecule has 0 saturated heterocycles. The summed E-state index contributed by atoms with van der Waals surface area (Å²) in [4.78, 5) is 17.4. The molecule has 0 bridgehead atoms. The Labute approximate surface area is 150 Å².